The molecule has 114 valence electrons. The van der Waals surface area contributed by atoms with Crippen LogP contribution in [0.1, 0.15) is 10.4 Å². The third kappa shape index (κ3) is 3.13. The molecule has 0 amide bonds. The number of carbonyl (C=O) groups excluding carboxylic acids is 1. The summed E-state index contributed by atoms with van der Waals surface area (Å²) in [7, 11) is 0. The molecular formula is C16H13Cl2NO3. The number of rotatable bonds is 4. The van der Waals surface area contributed by atoms with Crippen LogP contribution in [-0.4, -0.2) is 25.5 Å². The summed E-state index contributed by atoms with van der Waals surface area (Å²) < 4.78 is 10.9. The lowest BCUT2D eigenvalue weighted by molar-refractivity contribution is 0.100. The Bertz CT molecular complexity index is 719. The van der Waals surface area contributed by atoms with Crippen molar-refractivity contribution in [3.63, 3.8) is 0 Å². The Labute approximate surface area is 137 Å². The molecule has 0 bridgehead atoms. The van der Waals surface area contributed by atoms with E-state index in [0.29, 0.717) is 46.0 Å². The lowest BCUT2D eigenvalue weighted by Crippen LogP contribution is -2.17. The molecule has 1 N–H and O–H groups in total. The Hall–Kier alpha value is -1.91. The third-order valence-electron chi connectivity index (χ3n) is 3.26. The van der Waals surface area contributed by atoms with Gasteiger partial charge in [-0.3, -0.25) is 4.79 Å². The minimum absolute atomic E-state index is 0.0759. The molecule has 0 fully saturated rings. The van der Waals surface area contributed by atoms with Crippen LogP contribution in [-0.2, 0) is 0 Å². The highest BCUT2D eigenvalue weighted by Gasteiger charge is 2.15. The summed E-state index contributed by atoms with van der Waals surface area (Å²) in [6.45, 7) is 1.12. The van der Waals surface area contributed by atoms with Gasteiger partial charge >= 0.3 is 0 Å². The van der Waals surface area contributed by atoms with E-state index >= 15 is 0 Å². The van der Waals surface area contributed by atoms with Gasteiger partial charge in [0.1, 0.15) is 13.2 Å². The fraction of sp³-hybridized carbons (Fsp3) is 0.188. The number of fused-ring (bicyclic) bond motifs is 1. The summed E-state index contributed by atoms with van der Waals surface area (Å²) in [5, 5.41) is 3.84. The molecule has 0 aromatic heterocycles. The van der Waals surface area contributed by atoms with Gasteiger partial charge in [-0.2, -0.15) is 0 Å². The van der Waals surface area contributed by atoms with Crippen LogP contribution < -0.4 is 14.8 Å². The minimum Gasteiger partial charge on any atom is -0.486 e. The van der Waals surface area contributed by atoms with Crippen LogP contribution in [0.3, 0.4) is 0 Å². The average molecular weight is 338 g/mol. The number of carbonyl (C=O) groups is 1. The van der Waals surface area contributed by atoms with Crippen molar-refractivity contribution < 1.29 is 14.3 Å². The van der Waals surface area contributed by atoms with E-state index in [2.05, 4.69) is 5.32 Å². The normalized spacial score (nSPS) is 12.8. The lowest BCUT2D eigenvalue weighted by atomic mass is 10.1. The molecule has 0 unspecified atom stereocenters. The number of halogens is 2. The summed E-state index contributed by atoms with van der Waals surface area (Å²) in [6, 6.07) is 10.4. The number of benzene rings is 2. The monoisotopic (exact) mass is 337 g/mol. The van der Waals surface area contributed by atoms with E-state index in [1.807, 2.05) is 0 Å². The Morgan fingerprint density at radius 2 is 1.86 bits per heavy atom. The average Bonchev–Trinajstić information content (AvgIpc) is 2.55. The zero-order valence-corrected chi connectivity index (χ0v) is 13.1. The number of nitrogens with one attached hydrogen (secondary N) is 1. The minimum atomic E-state index is -0.0759. The zero-order chi connectivity index (χ0) is 15.5. The highest BCUT2D eigenvalue weighted by molar-refractivity contribution is 6.43. The van der Waals surface area contributed by atoms with Crippen molar-refractivity contribution in [2.45, 2.75) is 0 Å². The van der Waals surface area contributed by atoms with Gasteiger partial charge in [-0.15, -0.1) is 0 Å². The van der Waals surface area contributed by atoms with Crippen molar-refractivity contribution in [3.05, 3.63) is 52.0 Å². The second-order valence-corrected chi connectivity index (χ2v) is 5.52. The molecule has 2 aromatic rings. The molecule has 4 nitrogen and oxygen atoms in total. The Balaban J connectivity index is 1.71. The first kappa shape index (κ1) is 15.0. The van der Waals surface area contributed by atoms with Crippen LogP contribution in [0.25, 0.3) is 0 Å². The number of Topliss-reactive ketones (excluding diaryl/α,β-unsaturated/α-hetero) is 1. The van der Waals surface area contributed by atoms with Gasteiger partial charge < -0.3 is 14.8 Å². The molecule has 0 radical (unpaired) electrons. The summed E-state index contributed by atoms with van der Waals surface area (Å²) in [4.78, 5) is 12.3. The lowest BCUT2D eigenvalue weighted by Gasteiger charge is -2.18. The van der Waals surface area contributed by atoms with Crippen LogP contribution in [0.4, 0.5) is 5.69 Å². The molecule has 3 rings (SSSR count). The van der Waals surface area contributed by atoms with Crippen LogP contribution >= 0.6 is 23.2 Å². The van der Waals surface area contributed by atoms with Crippen LogP contribution in [0.15, 0.2) is 36.4 Å². The zero-order valence-electron chi connectivity index (χ0n) is 11.6. The number of ketones is 1. The van der Waals surface area contributed by atoms with Crippen LogP contribution in [0.2, 0.25) is 10.0 Å². The predicted octanol–water partition coefficient (Wildman–Crippen LogP) is 4.06. The van der Waals surface area contributed by atoms with Gasteiger partial charge in [-0.1, -0.05) is 29.3 Å². The fourth-order valence-corrected chi connectivity index (χ4v) is 2.50. The maximum Gasteiger partial charge on any atom is 0.181 e. The van der Waals surface area contributed by atoms with E-state index in [1.54, 1.807) is 36.4 Å². The topological polar surface area (TPSA) is 47.6 Å². The Morgan fingerprint density at radius 3 is 2.68 bits per heavy atom. The largest absolute Gasteiger partial charge is 0.486 e. The van der Waals surface area contributed by atoms with Gasteiger partial charge in [0.25, 0.3) is 0 Å². The summed E-state index contributed by atoms with van der Waals surface area (Å²) in [5.74, 6) is 1.18. The van der Waals surface area contributed by atoms with Gasteiger partial charge in [-0.05, 0) is 30.3 Å². The van der Waals surface area contributed by atoms with Gasteiger partial charge in [0.05, 0.1) is 22.3 Å². The van der Waals surface area contributed by atoms with Crippen molar-refractivity contribution in [3.8, 4) is 11.5 Å². The third-order valence-corrected chi connectivity index (χ3v) is 4.07. The predicted molar refractivity (Wildman–Crippen MR) is 86.7 cm³/mol. The summed E-state index contributed by atoms with van der Waals surface area (Å²) in [6.07, 6.45) is 0. The molecule has 22 heavy (non-hydrogen) atoms. The molecule has 1 aliphatic rings. The van der Waals surface area contributed by atoms with Crippen molar-refractivity contribution in [1.82, 2.24) is 0 Å². The highest BCUT2D eigenvalue weighted by Crippen LogP contribution is 2.31. The number of hydrogen-bond acceptors (Lipinski definition) is 4. The van der Waals surface area contributed by atoms with E-state index in [4.69, 9.17) is 32.7 Å². The van der Waals surface area contributed by atoms with E-state index in [0.717, 1.165) is 0 Å². The standard InChI is InChI=1S/C16H13Cl2NO3/c17-11-2-1-3-12(16(11)18)19-9-13(20)10-4-5-14-15(8-10)22-7-6-21-14/h1-5,8,19H,6-7,9H2. The maximum absolute atomic E-state index is 12.3. The van der Waals surface area contributed by atoms with Crippen molar-refractivity contribution in [2.75, 3.05) is 25.1 Å². The molecule has 0 spiro atoms. The molecule has 6 heteroatoms. The SMILES string of the molecule is O=C(CNc1cccc(Cl)c1Cl)c1ccc2c(c1)OCCO2. The first-order valence-corrected chi connectivity index (χ1v) is 7.51. The van der Waals surface area contributed by atoms with E-state index < -0.39 is 0 Å². The second-order valence-electron chi connectivity index (χ2n) is 4.74. The number of anilines is 1. The highest BCUT2D eigenvalue weighted by atomic mass is 35.5. The molecule has 1 aliphatic heterocycles. The number of ether oxygens (including phenoxy) is 2. The molecule has 2 aromatic carbocycles. The van der Waals surface area contributed by atoms with Gasteiger partial charge in [0, 0.05) is 5.56 Å². The van der Waals surface area contributed by atoms with Gasteiger partial charge in [-0.25, -0.2) is 0 Å². The Kier molecular flexibility index (Phi) is 4.41. The summed E-state index contributed by atoms with van der Waals surface area (Å²) >= 11 is 12.0. The molecule has 0 saturated carbocycles. The molecular weight excluding hydrogens is 325 g/mol. The smallest absolute Gasteiger partial charge is 0.181 e. The quantitative estimate of drug-likeness (QED) is 0.854. The van der Waals surface area contributed by atoms with E-state index in [9.17, 15) is 4.79 Å². The molecule has 1 heterocycles. The van der Waals surface area contributed by atoms with E-state index in [1.165, 1.54) is 0 Å². The first-order chi connectivity index (χ1) is 10.6. The fourth-order valence-electron chi connectivity index (χ4n) is 2.13. The van der Waals surface area contributed by atoms with E-state index in [-0.39, 0.29) is 12.3 Å². The second kappa shape index (κ2) is 6.46. The first-order valence-electron chi connectivity index (χ1n) is 6.76. The Morgan fingerprint density at radius 1 is 1.09 bits per heavy atom. The van der Waals surface area contributed by atoms with Crippen molar-refractivity contribution in [2.24, 2.45) is 0 Å². The molecule has 0 saturated heterocycles. The number of hydrogen-bond donors (Lipinski definition) is 1. The van der Waals surface area contributed by atoms with Crippen LogP contribution in [0.5, 0.6) is 11.5 Å². The summed E-state index contributed by atoms with van der Waals surface area (Å²) in [5.41, 5.74) is 1.18. The van der Waals surface area contributed by atoms with Gasteiger partial charge in [0.2, 0.25) is 0 Å². The molecule has 0 aliphatic carbocycles. The molecule has 0 atom stereocenters. The van der Waals surface area contributed by atoms with Crippen LogP contribution in [0, 0.1) is 0 Å². The maximum atomic E-state index is 12.3. The van der Waals surface area contributed by atoms with Gasteiger partial charge in [0.15, 0.2) is 17.3 Å². The van der Waals surface area contributed by atoms with Crippen molar-refractivity contribution >= 4 is 34.7 Å². The van der Waals surface area contributed by atoms with Crippen molar-refractivity contribution in [1.29, 1.82) is 0 Å².